The first-order valence-corrected chi connectivity index (χ1v) is 12.5. The van der Waals surface area contributed by atoms with E-state index in [2.05, 4.69) is 30.9 Å². The van der Waals surface area contributed by atoms with E-state index in [-0.39, 0.29) is 34.2 Å². The van der Waals surface area contributed by atoms with Crippen LogP contribution in [0.25, 0.3) is 16.9 Å². The number of nitrogens with zero attached hydrogens (tertiary/aromatic N) is 7. The lowest BCUT2D eigenvalue weighted by Gasteiger charge is -2.12. The van der Waals surface area contributed by atoms with Crippen LogP contribution >= 0.6 is 0 Å². The van der Waals surface area contributed by atoms with Crippen molar-refractivity contribution in [1.82, 2.24) is 34.2 Å². The van der Waals surface area contributed by atoms with E-state index in [4.69, 9.17) is 0 Å². The molecular weight excluding hydrogens is 539 g/mol. The number of hydrogen-bond donors (Lipinski definition) is 2. The normalized spacial score (nSPS) is 11.8. The third kappa shape index (κ3) is 5.15. The van der Waals surface area contributed by atoms with Gasteiger partial charge in [0.2, 0.25) is 0 Å². The quantitative estimate of drug-likeness (QED) is 0.304. The SMILES string of the molecule is Cc1c(NC(=O)c2c(NC(=O)c3cnn4c(C(F)(F)F)cc(-c5ccc(C(C)C)cc5)nc34)cnn2C)cnn1C. The van der Waals surface area contributed by atoms with Crippen LogP contribution < -0.4 is 10.6 Å². The highest BCUT2D eigenvalue weighted by Crippen LogP contribution is 2.33. The summed E-state index contributed by atoms with van der Waals surface area (Å²) in [5.41, 5.74) is 1.16. The molecular formula is C27H26F3N9O2. The Labute approximate surface area is 232 Å². The lowest BCUT2D eigenvalue weighted by Crippen LogP contribution is -2.20. The summed E-state index contributed by atoms with van der Waals surface area (Å²) in [4.78, 5) is 30.8. The molecule has 0 aliphatic heterocycles. The molecule has 0 bridgehead atoms. The topological polar surface area (TPSA) is 124 Å². The number of aromatic nitrogens is 7. The molecule has 0 unspecified atom stereocenters. The molecule has 1 aromatic carbocycles. The molecule has 2 amide bonds. The van der Waals surface area contributed by atoms with Gasteiger partial charge in [0.25, 0.3) is 11.8 Å². The van der Waals surface area contributed by atoms with Crippen LogP contribution in [0.5, 0.6) is 0 Å². The van der Waals surface area contributed by atoms with Gasteiger partial charge in [-0.2, -0.15) is 28.5 Å². The summed E-state index contributed by atoms with van der Waals surface area (Å²) >= 11 is 0. The highest BCUT2D eigenvalue weighted by atomic mass is 19.4. The number of nitrogens with one attached hydrogen (secondary N) is 2. The summed E-state index contributed by atoms with van der Waals surface area (Å²) in [5, 5.41) is 17.3. The average Bonchev–Trinajstić information content (AvgIpc) is 3.60. The zero-order valence-corrected chi connectivity index (χ0v) is 22.8. The van der Waals surface area contributed by atoms with Crippen molar-refractivity contribution in [2.45, 2.75) is 32.9 Å². The van der Waals surface area contributed by atoms with Gasteiger partial charge >= 0.3 is 6.18 Å². The molecule has 0 radical (unpaired) electrons. The molecule has 11 nitrogen and oxygen atoms in total. The first-order chi connectivity index (χ1) is 19.3. The van der Waals surface area contributed by atoms with Crippen LogP contribution in [0, 0.1) is 6.92 Å². The van der Waals surface area contributed by atoms with Gasteiger partial charge < -0.3 is 10.6 Å². The highest BCUT2D eigenvalue weighted by molar-refractivity contribution is 6.13. The third-order valence-corrected chi connectivity index (χ3v) is 6.77. The fourth-order valence-electron chi connectivity index (χ4n) is 4.30. The van der Waals surface area contributed by atoms with E-state index in [1.807, 2.05) is 26.0 Å². The second-order valence-electron chi connectivity index (χ2n) is 9.80. The molecule has 0 saturated heterocycles. The molecule has 0 fully saturated rings. The smallest absolute Gasteiger partial charge is 0.318 e. The monoisotopic (exact) mass is 565 g/mol. The molecule has 0 saturated carbocycles. The van der Waals surface area contributed by atoms with Crippen LogP contribution in [0.1, 0.15) is 57.6 Å². The number of benzene rings is 1. The zero-order chi connectivity index (χ0) is 29.6. The van der Waals surface area contributed by atoms with Crippen molar-refractivity contribution in [3.05, 3.63) is 77.1 Å². The first kappa shape index (κ1) is 27.6. The zero-order valence-electron chi connectivity index (χ0n) is 22.8. The summed E-state index contributed by atoms with van der Waals surface area (Å²) in [6.45, 7) is 5.79. The molecule has 0 aliphatic carbocycles. The molecule has 0 spiro atoms. The van der Waals surface area contributed by atoms with Crippen molar-refractivity contribution in [2.24, 2.45) is 14.1 Å². The Kier molecular flexibility index (Phi) is 6.85. The number of hydrogen-bond acceptors (Lipinski definition) is 6. The van der Waals surface area contributed by atoms with Crippen LogP contribution in [-0.2, 0) is 20.3 Å². The number of halogens is 3. The maximum Gasteiger partial charge on any atom is 0.433 e. The van der Waals surface area contributed by atoms with Crippen LogP contribution in [0.3, 0.4) is 0 Å². The lowest BCUT2D eigenvalue weighted by molar-refractivity contribution is -0.142. The summed E-state index contributed by atoms with van der Waals surface area (Å²) < 4.78 is 45.6. The molecule has 212 valence electrons. The number of amides is 2. The molecule has 4 aromatic heterocycles. The highest BCUT2D eigenvalue weighted by Gasteiger charge is 2.36. The van der Waals surface area contributed by atoms with E-state index in [1.165, 1.54) is 24.1 Å². The van der Waals surface area contributed by atoms with E-state index < -0.39 is 23.7 Å². The van der Waals surface area contributed by atoms with Crippen LogP contribution in [-0.4, -0.2) is 46.0 Å². The van der Waals surface area contributed by atoms with Gasteiger partial charge in [0.05, 0.1) is 41.4 Å². The van der Waals surface area contributed by atoms with Crippen molar-refractivity contribution in [3.8, 4) is 11.3 Å². The van der Waals surface area contributed by atoms with Gasteiger partial charge in [0.1, 0.15) is 11.3 Å². The Bertz CT molecular complexity index is 1780. The van der Waals surface area contributed by atoms with Crippen molar-refractivity contribution >= 4 is 28.8 Å². The summed E-state index contributed by atoms with van der Waals surface area (Å²) in [6.07, 6.45) is -1.01. The van der Waals surface area contributed by atoms with E-state index in [0.29, 0.717) is 21.5 Å². The van der Waals surface area contributed by atoms with Crippen molar-refractivity contribution < 1.29 is 22.8 Å². The predicted octanol–water partition coefficient (Wildman–Crippen LogP) is 4.82. The summed E-state index contributed by atoms with van der Waals surface area (Å²) in [7, 11) is 3.24. The van der Waals surface area contributed by atoms with Gasteiger partial charge in [-0.05, 0) is 24.5 Å². The van der Waals surface area contributed by atoms with Crippen LogP contribution in [0.15, 0.2) is 48.9 Å². The fourth-order valence-corrected chi connectivity index (χ4v) is 4.30. The molecule has 14 heteroatoms. The first-order valence-electron chi connectivity index (χ1n) is 12.5. The predicted molar refractivity (Wildman–Crippen MR) is 145 cm³/mol. The average molecular weight is 566 g/mol. The minimum atomic E-state index is -4.77. The van der Waals surface area contributed by atoms with Crippen molar-refractivity contribution in [3.63, 3.8) is 0 Å². The second kappa shape index (κ2) is 10.2. The Morgan fingerprint density at radius 3 is 2.12 bits per heavy atom. The lowest BCUT2D eigenvalue weighted by atomic mass is 10.0. The van der Waals surface area contributed by atoms with E-state index in [9.17, 15) is 22.8 Å². The minimum Gasteiger partial charge on any atom is -0.318 e. The van der Waals surface area contributed by atoms with E-state index in [0.717, 1.165) is 17.8 Å². The minimum absolute atomic E-state index is 0.0212. The number of carbonyl (C=O) groups excluding carboxylic acids is 2. The molecule has 0 atom stereocenters. The van der Waals surface area contributed by atoms with Gasteiger partial charge in [-0.1, -0.05) is 38.1 Å². The molecule has 5 aromatic rings. The second-order valence-corrected chi connectivity index (χ2v) is 9.80. The maximum absolute atomic E-state index is 14.0. The van der Waals surface area contributed by atoms with E-state index in [1.54, 1.807) is 30.8 Å². The molecule has 4 heterocycles. The third-order valence-electron chi connectivity index (χ3n) is 6.77. The maximum atomic E-state index is 14.0. The van der Waals surface area contributed by atoms with Crippen molar-refractivity contribution in [1.29, 1.82) is 0 Å². The van der Waals surface area contributed by atoms with Gasteiger partial charge in [-0.25, -0.2) is 9.50 Å². The largest absolute Gasteiger partial charge is 0.433 e. The molecule has 41 heavy (non-hydrogen) atoms. The number of fused-ring (bicyclic) bond motifs is 1. The van der Waals surface area contributed by atoms with Gasteiger partial charge in [0, 0.05) is 19.7 Å². The number of aryl methyl sites for hydroxylation is 2. The number of anilines is 2. The Hall–Kier alpha value is -5.01. The van der Waals surface area contributed by atoms with Crippen LogP contribution in [0.2, 0.25) is 0 Å². The molecule has 0 aliphatic rings. The van der Waals surface area contributed by atoms with Gasteiger partial charge in [0.15, 0.2) is 11.3 Å². The summed E-state index contributed by atoms with van der Waals surface area (Å²) in [5.74, 6) is -1.14. The van der Waals surface area contributed by atoms with Gasteiger partial charge in [-0.3, -0.25) is 19.0 Å². The Balaban J connectivity index is 1.51. The Morgan fingerprint density at radius 2 is 1.51 bits per heavy atom. The van der Waals surface area contributed by atoms with E-state index >= 15 is 0 Å². The number of rotatable bonds is 6. The van der Waals surface area contributed by atoms with Crippen LogP contribution in [0.4, 0.5) is 24.5 Å². The Morgan fingerprint density at radius 1 is 0.878 bits per heavy atom. The molecule has 5 rings (SSSR count). The number of carbonyl (C=O) groups is 2. The fraction of sp³-hybridized carbons (Fsp3) is 0.259. The number of alkyl halides is 3. The summed E-state index contributed by atoms with van der Waals surface area (Å²) in [6, 6.07) is 7.93. The van der Waals surface area contributed by atoms with Crippen molar-refractivity contribution in [2.75, 3.05) is 10.6 Å². The van der Waals surface area contributed by atoms with Gasteiger partial charge in [-0.15, -0.1) is 0 Å². The standard InChI is InChI=1S/C27H26F3N9O2/c1-14(2)16-6-8-17(9-7-16)19-10-22(27(28,29)30)39-24(34-19)18(11-33-39)25(40)36-21-13-32-38(5)23(21)26(41)35-20-12-31-37(4)15(20)3/h6-14H,1-5H3,(H,35,41)(H,36,40). The molecule has 2 N–H and O–H groups in total.